The van der Waals surface area contributed by atoms with Gasteiger partial charge in [-0.3, -0.25) is 4.79 Å². The van der Waals surface area contributed by atoms with Crippen LogP contribution in [0, 0.1) is 11.3 Å². The molecule has 2 rings (SSSR count). The molecular weight excluding hydrogens is 360 g/mol. The summed E-state index contributed by atoms with van der Waals surface area (Å²) in [6.07, 6.45) is 5.00. The molecule has 1 aliphatic carbocycles. The Kier molecular flexibility index (Phi) is 6.74. The van der Waals surface area contributed by atoms with Gasteiger partial charge in [-0.25, -0.2) is 4.79 Å². The van der Waals surface area contributed by atoms with Crippen LogP contribution in [0.15, 0.2) is 23.1 Å². The predicted molar refractivity (Wildman–Crippen MR) is 97.7 cm³/mol. The zero-order valence-electron chi connectivity index (χ0n) is 14.3. The first-order valence-corrected chi connectivity index (χ1v) is 9.79. The highest BCUT2D eigenvalue weighted by atomic mass is 35.5. The number of thioether (sulfide) groups is 1. The topological polar surface area (TPSA) is 79.2 Å². The van der Waals surface area contributed by atoms with Crippen LogP contribution in [0.2, 0.25) is 5.02 Å². The van der Waals surface area contributed by atoms with Crippen LogP contribution in [-0.2, 0) is 9.53 Å². The van der Waals surface area contributed by atoms with Crippen molar-refractivity contribution in [2.24, 2.45) is 0 Å². The molecule has 25 heavy (non-hydrogen) atoms. The number of carbonyl (C=O) groups excluding carboxylic acids is 2. The molecule has 0 aromatic heterocycles. The Hall–Kier alpha value is -1.71. The molecule has 0 bridgehead atoms. The highest BCUT2D eigenvalue weighted by molar-refractivity contribution is 7.98. The summed E-state index contributed by atoms with van der Waals surface area (Å²) in [5.74, 6) is -1.12. The van der Waals surface area contributed by atoms with Crippen molar-refractivity contribution in [3.63, 3.8) is 0 Å². The minimum Gasteiger partial charge on any atom is -0.449 e. The summed E-state index contributed by atoms with van der Waals surface area (Å²) in [7, 11) is 0. The maximum Gasteiger partial charge on any atom is 0.340 e. The largest absolute Gasteiger partial charge is 0.449 e. The van der Waals surface area contributed by atoms with Gasteiger partial charge in [-0.1, -0.05) is 30.9 Å². The molecular formula is C18H21ClN2O3S. The third-order valence-electron chi connectivity index (χ3n) is 4.33. The van der Waals surface area contributed by atoms with Crippen molar-refractivity contribution in [3.8, 4) is 6.07 Å². The standard InChI is InChI=1S/C18H21ClN2O3S/c1-12(16(22)21-18(11-20)8-4-3-5-9-18)24-17(23)14-10-13(25-2)6-7-15(14)19/h6-7,10,12H,3-5,8-9H2,1-2H3,(H,21,22)/t12-/m0/s1. The van der Waals surface area contributed by atoms with Gasteiger partial charge in [-0.2, -0.15) is 5.26 Å². The smallest absolute Gasteiger partial charge is 0.340 e. The molecule has 1 N–H and O–H groups in total. The number of hydrogen-bond acceptors (Lipinski definition) is 5. The monoisotopic (exact) mass is 380 g/mol. The van der Waals surface area contributed by atoms with E-state index in [0.29, 0.717) is 12.8 Å². The highest BCUT2D eigenvalue weighted by Crippen LogP contribution is 2.28. The molecule has 1 fully saturated rings. The van der Waals surface area contributed by atoms with Gasteiger partial charge in [0, 0.05) is 4.90 Å². The quantitative estimate of drug-likeness (QED) is 0.618. The first-order valence-electron chi connectivity index (χ1n) is 8.18. The van der Waals surface area contributed by atoms with Gasteiger partial charge in [0.1, 0.15) is 5.54 Å². The van der Waals surface area contributed by atoms with Crippen LogP contribution in [0.1, 0.15) is 49.4 Å². The fourth-order valence-corrected chi connectivity index (χ4v) is 3.46. The Balaban J connectivity index is 2.03. The Labute approximate surface area is 157 Å². The average molecular weight is 381 g/mol. The van der Waals surface area contributed by atoms with Crippen LogP contribution in [0.4, 0.5) is 0 Å². The third kappa shape index (κ3) is 4.90. The number of rotatable bonds is 5. The van der Waals surface area contributed by atoms with E-state index in [1.165, 1.54) is 18.7 Å². The molecule has 1 atom stereocenters. The summed E-state index contributed by atoms with van der Waals surface area (Å²) in [5, 5.41) is 12.5. The van der Waals surface area contributed by atoms with E-state index in [1.54, 1.807) is 18.2 Å². The van der Waals surface area contributed by atoms with Crippen LogP contribution in [-0.4, -0.2) is 29.8 Å². The molecule has 0 heterocycles. The minimum absolute atomic E-state index is 0.223. The lowest BCUT2D eigenvalue weighted by Crippen LogP contribution is -2.52. The van der Waals surface area contributed by atoms with E-state index in [4.69, 9.17) is 16.3 Å². The van der Waals surface area contributed by atoms with Crippen molar-refractivity contribution in [2.45, 2.75) is 55.6 Å². The van der Waals surface area contributed by atoms with Crippen LogP contribution in [0.5, 0.6) is 0 Å². The van der Waals surface area contributed by atoms with Crippen molar-refractivity contribution >= 4 is 35.2 Å². The molecule has 0 unspecified atom stereocenters. The summed E-state index contributed by atoms with van der Waals surface area (Å²) in [6, 6.07) is 7.28. The van der Waals surface area contributed by atoms with E-state index in [9.17, 15) is 14.9 Å². The fraction of sp³-hybridized carbons (Fsp3) is 0.500. The summed E-state index contributed by atoms with van der Waals surface area (Å²) in [4.78, 5) is 25.6. The maximum atomic E-state index is 12.4. The van der Waals surface area contributed by atoms with Gasteiger partial charge >= 0.3 is 5.97 Å². The predicted octanol–water partition coefficient (Wildman–Crippen LogP) is 3.95. The molecule has 1 aromatic carbocycles. The summed E-state index contributed by atoms with van der Waals surface area (Å²) < 4.78 is 5.26. The van der Waals surface area contributed by atoms with Gasteiger partial charge in [0.05, 0.1) is 16.7 Å². The third-order valence-corrected chi connectivity index (χ3v) is 5.39. The van der Waals surface area contributed by atoms with Crippen LogP contribution in [0.3, 0.4) is 0 Å². The first kappa shape index (κ1) is 19.6. The Morgan fingerprint density at radius 1 is 1.36 bits per heavy atom. The average Bonchev–Trinajstić information content (AvgIpc) is 2.62. The van der Waals surface area contributed by atoms with Gasteiger partial charge < -0.3 is 10.1 Å². The molecule has 0 radical (unpaired) electrons. The number of nitrogens with zero attached hydrogens (tertiary/aromatic N) is 1. The lowest BCUT2D eigenvalue weighted by atomic mass is 9.83. The zero-order chi connectivity index (χ0) is 18.4. The second-order valence-corrected chi connectivity index (χ2v) is 7.42. The van der Waals surface area contributed by atoms with E-state index >= 15 is 0 Å². The van der Waals surface area contributed by atoms with Crippen LogP contribution >= 0.6 is 23.4 Å². The molecule has 1 amide bonds. The molecule has 7 heteroatoms. The molecule has 0 saturated heterocycles. The van der Waals surface area contributed by atoms with E-state index in [2.05, 4.69) is 11.4 Å². The molecule has 1 aliphatic rings. The van der Waals surface area contributed by atoms with E-state index in [1.807, 2.05) is 6.26 Å². The normalized spacial score (nSPS) is 17.2. The molecule has 0 aliphatic heterocycles. The highest BCUT2D eigenvalue weighted by Gasteiger charge is 2.35. The minimum atomic E-state index is -1.01. The van der Waals surface area contributed by atoms with Crippen molar-refractivity contribution in [3.05, 3.63) is 28.8 Å². The van der Waals surface area contributed by atoms with Gasteiger partial charge in [0.2, 0.25) is 0 Å². The molecule has 1 aromatic rings. The fourth-order valence-electron chi connectivity index (χ4n) is 2.82. The molecule has 134 valence electrons. The van der Waals surface area contributed by atoms with Crippen molar-refractivity contribution in [1.29, 1.82) is 5.26 Å². The summed E-state index contributed by atoms with van der Waals surface area (Å²) in [5.41, 5.74) is -0.632. The molecule has 0 spiro atoms. The van der Waals surface area contributed by atoms with E-state index in [-0.39, 0.29) is 10.6 Å². The lowest BCUT2D eigenvalue weighted by Gasteiger charge is -2.32. The summed E-state index contributed by atoms with van der Waals surface area (Å²) >= 11 is 7.54. The molecule has 1 saturated carbocycles. The number of hydrogen-bond donors (Lipinski definition) is 1. The Morgan fingerprint density at radius 3 is 2.64 bits per heavy atom. The van der Waals surface area contributed by atoms with Crippen LogP contribution < -0.4 is 5.32 Å². The van der Waals surface area contributed by atoms with Crippen LogP contribution in [0.25, 0.3) is 0 Å². The first-order chi connectivity index (χ1) is 11.9. The van der Waals surface area contributed by atoms with Gasteiger partial charge in [-0.05, 0) is 44.2 Å². The number of amides is 1. The van der Waals surface area contributed by atoms with Crippen molar-refractivity contribution < 1.29 is 14.3 Å². The van der Waals surface area contributed by atoms with Crippen molar-refractivity contribution in [1.82, 2.24) is 5.32 Å². The number of nitriles is 1. The number of esters is 1. The van der Waals surface area contributed by atoms with Gasteiger partial charge in [0.15, 0.2) is 6.10 Å². The van der Waals surface area contributed by atoms with E-state index < -0.39 is 23.5 Å². The Morgan fingerprint density at radius 2 is 2.04 bits per heavy atom. The molecule has 5 nitrogen and oxygen atoms in total. The Bertz CT molecular complexity index is 696. The number of carbonyl (C=O) groups is 2. The number of ether oxygens (including phenoxy) is 1. The SMILES string of the molecule is CSc1ccc(Cl)c(C(=O)O[C@@H](C)C(=O)NC2(C#N)CCCCC2)c1. The van der Waals surface area contributed by atoms with E-state index in [0.717, 1.165) is 24.2 Å². The number of benzene rings is 1. The number of nitrogens with one attached hydrogen (secondary N) is 1. The zero-order valence-corrected chi connectivity index (χ0v) is 15.9. The second kappa shape index (κ2) is 8.59. The van der Waals surface area contributed by atoms with Crippen molar-refractivity contribution in [2.75, 3.05) is 6.26 Å². The number of halogens is 1. The maximum absolute atomic E-state index is 12.4. The summed E-state index contributed by atoms with van der Waals surface area (Å²) in [6.45, 7) is 1.49. The second-order valence-electron chi connectivity index (χ2n) is 6.14. The lowest BCUT2D eigenvalue weighted by molar-refractivity contribution is -0.130. The van der Waals surface area contributed by atoms with Gasteiger partial charge in [-0.15, -0.1) is 11.8 Å². The van der Waals surface area contributed by atoms with Gasteiger partial charge in [0.25, 0.3) is 5.91 Å².